The van der Waals surface area contributed by atoms with Crippen LogP contribution in [0.1, 0.15) is 29.8 Å². The van der Waals surface area contributed by atoms with Crippen molar-refractivity contribution in [3.63, 3.8) is 0 Å². The van der Waals surface area contributed by atoms with Crippen molar-refractivity contribution in [2.24, 2.45) is 12.5 Å². The second-order valence-electron chi connectivity index (χ2n) is 10.4. The summed E-state index contributed by atoms with van der Waals surface area (Å²) < 4.78 is 2.88. The molecule has 1 aromatic carbocycles. The van der Waals surface area contributed by atoms with E-state index in [0.717, 1.165) is 11.1 Å². The van der Waals surface area contributed by atoms with Gasteiger partial charge in [-0.05, 0) is 29.2 Å². The molecule has 38 heavy (non-hydrogen) atoms. The van der Waals surface area contributed by atoms with Gasteiger partial charge in [-0.25, -0.2) is 4.98 Å². The molecule has 2 amide bonds. The van der Waals surface area contributed by atoms with Crippen molar-refractivity contribution in [1.29, 1.82) is 0 Å². The van der Waals surface area contributed by atoms with E-state index in [1.54, 1.807) is 59.5 Å². The molecule has 0 radical (unpaired) electrons. The number of anilines is 1. The van der Waals surface area contributed by atoms with Crippen LogP contribution in [0.25, 0.3) is 22.2 Å². The lowest BCUT2D eigenvalue weighted by molar-refractivity contribution is -0.142. The standard InChI is InChI=1S/C27H28ClN7O3/c1-27(2)14-34(15-27)22(36)13-35-24-19(23(29)21(11-30-24)17-10-32-33(3)12-17)8-20(26(35)38)25(37)31-9-16-4-6-18(28)7-5-16/h4-8,10-12H,9,13-15H2,1-3H3,(H2,29,30)(H,31,37). The fourth-order valence-electron chi connectivity index (χ4n) is 4.71. The molecule has 0 atom stereocenters. The van der Waals surface area contributed by atoms with E-state index >= 15 is 0 Å². The summed E-state index contributed by atoms with van der Waals surface area (Å²) in [6, 6.07) is 8.47. The molecule has 3 N–H and O–H groups in total. The van der Waals surface area contributed by atoms with Crippen LogP contribution in [0.3, 0.4) is 0 Å². The molecule has 0 unspecified atom stereocenters. The molecule has 5 rings (SSSR count). The van der Waals surface area contributed by atoms with Gasteiger partial charge in [0.2, 0.25) is 5.91 Å². The van der Waals surface area contributed by atoms with Crippen LogP contribution in [-0.2, 0) is 24.9 Å². The quantitative estimate of drug-likeness (QED) is 0.392. The third-order valence-corrected chi connectivity index (χ3v) is 6.92. The monoisotopic (exact) mass is 533 g/mol. The number of nitrogens with two attached hydrogens (primary N) is 1. The van der Waals surface area contributed by atoms with E-state index in [0.29, 0.717) is 34.7 Å². The first-order valence-electron chi connectivity index (χ1n) is 12.1. The van der Waals surface area contributed by atoms with Gasteiger partial charge in [-0.15, -0.1) is 0 Å². The van der Waals surface area contributed by atoms with Gasteiger partial charge >= 0.3 is 0 Å². The van der Waals surface area contributed by atoms with Gasteiger partial charge in [-0.2, -0.15) is 5.10 Å². The fraction of sp³-hybridized carbons (Fsp3) is 0.296. The summed E-state index contributed by atoms with van der Waals surface area (Å²) >= 11 is 5.95. The number of rotatable bonds is 6. The number of hydrogen-bond acceptors (Lipinski definition) is 6. The molecule has 3 aromatic heterocycles. The van der Waals surface area contributed by atoms with Gasteiger partial charge in [0.05, 0.1) is 11.9 Å². The molecule has 1 fully saturated rings. The summed E-state index contributed by atoms with van der Waals surface area (Å²) in [6.45, 7) is 5.29. The minimum Gasteiger partial charge on any atom is -0.398 e. The number of aryl methyl sites for hydroxylation is 1. The third-order valence-electron chi connectivity index (χ3n) is 6.67. The molecular formula is C27H28ClN7O3. The maximum atomic E-state index is 13.6. The summed E-state index contributed by atoms with van der Waals surface area (Å²) in [5.41, 5.74) is 8.60. The molecule has 1 aliphatic rings. The number of likely N-dealkylation sites (tertiary alicyclic amines) is 1. The lowest BCUT2D eigenvalue weighted by Gasteiger charge is -2.45. The van der Waals surface area contributed by atoms with Crippen LogP contribution in [0, 0.1) is 5.41 Å². The summed E-state index contributed by atoms with van der Waals surface area (Å²) in [5.74, 6) is -0.799. The molecule has 1 aliphatic heterocycles. The summed E-state index contributed by atoms with van der Waals surface area (Å²) in [7, 11) is 1.79. The van der Waals surface area contributed by atoms with Crippen molar-refractivity contribution in [3.8, 4) is 11.1 Å². The molecule has 0 spiro atoms. The SMILES string of the molecule is Cn1cc(-c2cnc3c(cc(C(=O)NCc4ccc(Cl)cc4)c(=O)n3CC(=O)N3CC(C)(C)C3)c2N)cn1. The van der Waals surface area contributed by atoms with Crippen LogP contribution in [0.15, 0.2) is 53.7 Å². The van der Waals surface area contributed by atoms with Gasteiger partial charge in [0.1, 0.15) is 17.8 Å². The number of amides is 2. The van der Waals surface area contributed by atoms with E-state index in [4.69, 9.17) is 17.3 Å². The van der Waals surface area contributed by atoms with Crippen molar-refractivity contribution in [2.75, 3.05) is 18.8 Å². The molecule has 10 nitrogen and oxygen atoms in total. The van der Waals surface area contributed by atoms with E-state index in [2.05, 4.69) is 29.2 Å². The highest BCUT2D eigenvalue weighted by molar-refractivity contribution is 6.30. The van der Waals surface area contributed by atoms with Gasteiger partial charge in [-0.3, -0.25) is 23.6 Å². The third kappa shape index (κ3) is 4.87. The second-order valence-corrected chi connectivity index (χ2v) is 10.8. The van der Waals surface area contributed by atoms with Gasteiger partial charge in [0.15, 0.2) is 0 Å². The number of nitrogen functional groups attached to an aromatic ring is 1. The van der Waals surface area contributed by atoms with Gasteiger partial charge < -0.3 is 16.0 Å². The molecular weight excluding hydrogens is 506 g/mol. The van der Waals surface area contributed by atoms with Crippen LogP contribution in [-0.4, -0.2) is 49.1 Å². The van der Waals surface area contributed by atoms with Gasteiger partial charge in [0.25, 0.3) is 11.5 Å². The predicted molar refractivity (Wildman–Crippen MR) is 146 cm³/mol. The number of hydrogen-bond donors (Lipinski definition) is 2. The highest BCUT2D eigenvalue weighted by Crippen LogP contribution is 2.32. The average Bonchev–Trinajstić information content (AvgIpc) is 3.29. The summed E-state index contributed by atoms with van der Waals surface area (Å²) in [5, 5.41) is 7.96. The van der Waals surface area contributed by atoms with Crippen LogP contribution in [0.4, 0.5) is 5.69 Å². The Kier molecular flexibility index (Phi) is 6.44. The van der Waals surface area contributed by atoms with Crippen LogP contribution >= 0.6 is 11.6 Å². The Morgan fingerprint density at radius 3 is 2.50 bits per heavy atom. The average molecular weight is 534 g/mol. The number of carbonyl (C=O) groups is 2. The lowest BCUT2D eigenvalue weighted by atomic mass is 9.84. The van der Waals surface area contributed by atoms with Crippen molar-refractivity contribution in [2.45, 2.75) is 26.9 Å². The van der Waals surface area contributed by atoms with E-state index in [1.807, 2.05) is 0 Å². The van der Waals surface area contributed by atoms with Crippen LogP contribution < -0.4 is 16.6 Å². The number of fused-ring (bicyclic) bond motifs is 1. The molecule has 4 heterocycles. The number of aromatic nitrogens is 4. The lowest BCUT2D eigenvalue weighted by Crippen LogP contribution is -2.56. The molecule has 1 saturated heterocycles. The number of nitrogens with one attached hydrogen (secondary N) is 1. The maximum Gasteiger partial charge on any atom is 0.265 e. The molecule has 0 aliphatic carbocycles. The van der Waals surface area contributed by atoms with Gasteiger partial charge in [0, 0.05) is 60.6 Å². The van der Waals surface area contributed by atoms with E-state index in [9.17, 15) is 14.4 Å². The minimum atomic E-state index is -0.611. The van der Waals surface area contributed by atoms with Crippen LogP contribution in [0.2, 0.25) is 5.02 Å². The summed E-state index contributed by atoms with van der Waals surface area (Å²) in [4.78, 5) is 46.0. The normalized spacial score (nSPS) is 14.4. The van der Waals surface area contributed by atoms with Crippen LogP contribution in [0.5, 0.6) is 0 Å². The molecule has 4 aromatic rings. The zero-order valence-electron chi connectivity index (χ0n) is 21.4. The topological polar surface area (TPSA) is 128 Å². The van der Waals surface area contributed by atoms with E-state index in [1.165, 1.54) is 10.6 Å². The zero-order valence-corrected chi connectivity index (χ0v) is 22.1. The molecule has 0 saturated carbocycles. The number of halogens is 1. The maximum absolute atomic E-state index is 13.6. The number of nitrogens with zero attached hydrogens (tertiary/aromatic N) is 5. The Hall–Kier alpha value is -4.18. The first-order valence-corrected chi connectivity index (χ1v) is 12.5. The predicted octanol–water partition coefficient (Wildman–Crippen LogP) is 2.83. The van der Waals surface area contributed by atoms with Crippen molar-refractivity contribution >= 4 is 40.1 Å². The first kappa shape index (κ1) is 25.5. The van der Waals surface area contributed by atoms with Crippen molar-refractivity contribution in [1.82, 2.24) is 29.5 Å². The smallest absolute Gasteiger partial charge is 0.265 e. The second kappa shape index (κ2) is 9.60. The van der Waals surface area contributed by atoms with Gasteiger partial charge in [-0.1, -0.05) is 37.6 Å². The zero-order chi connectivity index (χ0) is 27.2. The Morgan fingerprint density at radius 2 is 1.87 bits per heavy atom. The Balaban J connectivity index is 1.56. The largest absolute Gasteiger partial charge is 0.398 e. The number of benzene rings is 1. The van der Waals surface area contributed by atoms with Crippen molar-refractivity contribution in [3.05, 3.63) is 75.4 Å². The molecule has 0 bridgehead atoms. The molecule has 11 heteroatoms. The van der Waals surface area contributed by atoms with Crippen molar-refractivity contribution < 1.29 is 9.59 Å². The number of pyridine rings is 2. The molecule has 196 valence electrons. The Labute approximate surface area is 224 Å². The van der Waals surface area contributed by atoms with E-state index in [-0.39, 0.29) is 35.6 Å². The highest BCUT2D eigenvalue weighted by atomic mass is 35.5. The van der Waals surface area contributed by atoms with E-state index < -0.39 is 11.5 Å². The first-order chi connectivity index (χ1) is 18.0. The number of carbonyl (C=O) groups excluding carboxylic acids is 2. The highest BCUT2D eigenvalue weighted by Gasteiger charge is 2.37. The Bertz CT molecular complexity index is 1610. The summed E-state index contributed by atoms with van der Waals surface area (Å²) in [6.07, 6.45) is 5.01. The fourth-order valence-corrected chi connectivity index (χ4v) is 4.84. The Morgan fingerprint density at radius 1 is 1.16 bits per heavy atom. The minimum absolute atomic E-state index is 0.0351.